The molecule has 2 heterocycles. The summed E-state index contributed by atoms with van der Waals surface area (Å²) < 4.78 is 0. The molecule has 2 aromatic rings. The van der Waals surface area contributed by atoms with Gasteiger partial charge >= 0.3 is 0 Å². The van der Waals surface area contributed by atoms with Crippen LogP contribution in [-0.4, -0.2) is 11.5 Å². The summed E-state index contributed by atoms with van der Waals surface area (Å²) in [5.74, 6) is 0. The predicted molar refractivity (Wildman–Crippen MR) is 79.9 cm³/mol. The van der Waals surface area contributed by atoms with Crippen LogP contribution < -0.4 is 10.6 Å². The van der Waals surface area contributed by atoms with E-state index in [0.29, 0.717) is 5.15 Å². The molecule has 0 aliphatic carbocycles. The molecule has 19 heavy (non-hydrogen) atoms. The fourth-order valence-electron chi connectivity index (χ4n) is 2.48. The molecule has 1 aliphatic heterocycles. The van der Waals surface area contributed by atoms with E-state index in [1.54, 1.807) is 6.20 Å². The minimum atomic E-state index is 0.528. The molecule has 98 valence electrons. The number of anilines is 2. The lowest BCUT2D eigenvalue weighted by atomic mass is 10.1. The fourth-order valence-corrected chi connectivity index (χ4v) is 2.75. The summed E-state index contributed by atoms with van der Waals surface area (Å²) in [5, 5.41) is 7.37. The zero-order valence-corrected chi connectivity index (χ0v) is 11.6. The molecular weight excluding hydrogens is 258 g/mol. The van der Waals surface area contributed by atoms with Crippen molar-refractivity contribution >= 4 is 23.0 Å². The quantitative estimate of drug-likeness (QED) is 0.839. The lowest BCUT2D eigenvalue weighted by Gasteiger charge is -2.13. The third kappa shape index (κ3) is 2.38. The van der Waals surface area contributed by atoms with Gasteiger partial charge in [0.25, 0.3) is 0 Å². The van der Waals surface area contributed by atoms with Gasteiger partial charge in [-0.15, -0.1) is 0 Å². The van der Waals surface area contributed by atoms with Crippen molar-refractivity contribution in [3.05, 3.63) is 52.3 Å². The number of rotatable bonds is 3. The van der Waals surface area contributed by atoms with Crippen LogP contribution >= 0.6 is 11.6 Å². The lowest BCUT2D eigenvalue weighted by Crippen LogP contribution is -2.05. The summed E-state index contributed by atoms with van der Waals surface area (Å²) in [4.78, 5) is 4.11. The topological polar surface area (TPSA) is 37.0 Å². The molecule has 1 aromatic carbocycles. The van der Waals surface area contributed by atoms with Crippen molar-refractivity contribution in [2.75, 3.05) is 17.2 Å². The molecule has 0 spiro atoms. The molecule has 0 bridgehead atoms. The Labute approximate surface area is 118 Å². The van der Waals surface area contributed by atoms with Crippen LogP contribution in [0.25, 0.3) is 0 Å². The molecule has 2 N–H and O–H groups in total. The third-order valence-corrected chi connectivity index (χ3v) is 3.79. The predicted octanol–water partition coefficient (Wildman–Crippen LogP) is 3.62. The highest BCUT2D eigenvalue weighted by atomic mass is 35.5. The second-order valence-electron chi connectivity index (χ2n) is 4.78. The van der Waals surface area contributed by atoms with E-state index in [9.17, 15) is 0 Å². The number of aryl methyl sites for hydroxylation is 1. The van der Waals surface area contributed by atoms with E-state index < -0.39 is 0 Å². The van der Waals surface area contributed by atoms with Crippen molar-refractivity contribution in [1.29, 1.82) is 0 Å². The molecule has 0 radical (unpaired) electrons. The first kappa shape index (κ1) is 12.3. The molecule has 4 heteroatoms. The molecule has 0 unspecified atom stereocenters. The fraction of sp³-hybridized carbons (Fsp3) is 0.267. The van der Waals surface area contributed by atoms with Gasteiger partial charge in [-0.25, -0.2) is 4.98 Å². The second kappa shape index (κ2) is 5.10. The molecular formula is C15H16ClN3. The number of aromatic nitrogens is 1. The highest BCUT2D eigenvalue weighted by Gasteiger charge is 2.13. The van der Waals surface area contributed by atoms with Gasteiger partial charge in [0.05, 0.1) is 5.69 Å². The zero-order valence-electron chi connectivity index (χ0n) is 10.8. The summed E-state index contributed by atoms with van der Waals surface area (Å²) in [7, 11) is 0. The Bertz CT molecular complexity index is 590. The smallest absolute Gasteiger partial charge is 0.152 e. The molecule has 3 nitrogen and oxygen atoms in total. The maximum absolute atomic E-state index is 6.12. The number of nitrogens with one attached hydrogen (secondary N) is 2. The van der Waals surface area contributed by atoms with E-state index in [2.05, 4.69) is 33.8 Å². The van der Waals surface area contributed by atoms with Gasteiger partial charge in [0, 0.05) is 25.0 Å². The van der Waals surface area contributed by atoms with Crippen molar-refractivity contribution in [3.63, 3.8) is 0 Å². The van der Waals surface area contributed by atoms with Crippen molar-refractivity contribution in [2.24, 2.45) is 0 Å². The highest BCUT2D eigenvalue weighted by molar-refractivity contribution is 6.32. The Hall–Kier alpha value is -1.74. The van der Waals surface area contributed by atoms with Crippen molar-refractivity contribution < 1.29 is 0 Å². The summed E-state index contributed by atoms with van der Waals surface area (Å²) in [6, 6.07) is 8.40. The number of benzene rings is 1. The number of para-hydroxylation sites is 1. The molecule has 0 saturated heterocycles. The van der Waals surface area contributed by atoms with Crippen LogP contribution in [0.3, 0.4) is 0 Å². The Balaban J connectivity index is 1.82. The Morgan fingerprint density at radius 3 is 3.11 bits per heavy atom. The molecule has 1 aliphatic rings. The number of nitrogens with zero attached hydrogens (tertiary/aromatic N) is 1. The number of pyridine rings is 1. The molecule has 1 aromatic heterocycles. The Morgan fingerprint density at radius 2 is 2.26 bits per heavy atom. The van der Waals surface area contributed by atoms with Crippen LogP contribution in [0.2, 0.25) is 5.15 Å². The van der Waals surface area contributed by atoms with Crippen molar-refractivity contribution in [1.82, 2.24) is 4.98 Å². The lowest BCUT2D eigenvalue weighted by molar-refractivity contribution is 1.11. The van der Waals surface area contributed by atoms with E-state index in [1.807, 2.05) is 13.0 Å². The minimum Gasteiger partial charge on any atom is -0.384 e. The summed E-state index contributed by atoms with van der Waals surface area (Å²) >= 11 is 6.12. The normalized spacial score (nSPS) is 12.9. The number of hydrogen-bond acceptors (Lipinski definition) is 3. The van der Waals surface area contributed by atoms with E-state index in [0.717, 1.165) is 30.8 Å². The summed E-state index contributed by atoms with van der Waals surface area (Å²) in [5.41, 5.74) is 5.97. The maximum atomic E-state index is 6.12. The van der Waals surface area contributed by atoms with Gasteiger partial charge in [-0.3, -0.25) is 0 Å². The Morgan fingerprint density at radius 1 is 1.37 bits per heavy atom. The van der Waals surface area contributed by atoms with Crippen LogP contribution in [0, 0.1) is 6.92 Å². The van der Waals surface area contributed by atoms with Gasteiger partial charge in [-0.1, -0.05) is 29.8 Å². The molecule has 0 atom stereocenters. The standard InChI is InChI=1S/C15H16ClN3/c1-10-5-7-18-15(16)13(10)19-9-12-4-2-3-11-6-8-17-14(11)12/h2-5,7,17,19H,6,8-9H2,1H3. The number of fused-ring (bicyclic) bond motifs is 1. The Kier molecular flexibility index (Phi) is 3.30. The van der Waals surface area contributed by atoms with Crippen LogP contribution in [0.1, 0.15) is 16.7 Å². The van der Waals surface area contributed by atoms with Gasteiger partial charge < -0.3 is 10.6 Å². The zero-order chi connectivity index (χ0) is 13.2. The molecule has 0 amide bonds. The van der Waals surface area contributed by atoms with Crippen LogP contribution in [0.4, 0.5) is 11.4 Å². The van der Waals surface area contributed by atoms with E-state index >= 15 is 0 Å². The second-order valence-corrected chi connectivity index (χ2v) is 5.13. The molecule has 0 fully saturated rings. The largest absolute Gasteiger partial charge is 0.384 e. The van der Waals surface area contributed by atoms with Crippen LogP contribution in [-0.2, 0) is 13.0 Å². The molecule has 0 saturated carbocycles. The van der Waals surface area contributed by atoms with E-state index in [4.69, 9.17) is 11.6 Å². The van der Waals surface area contributed by atoms with Gasteiger partial charge in [-0.05, 0) is 36.1 Å². The van der Waals surface area contributed by atoms with E-state index in [1.165, 1.54) is 16.8 Å². The third-order valence-electron chi connectivity index (χ3n) is 3.50. The summed E-state index contributed by atoms with van der Waals surface area (Å²) in [6.07, 6.45) is 2.83. The maximum Gasteiger partial charge on any atom is 0.152 e. The highest BCUT2D eigenvalue weighted by Crippen LogP contribution is 2.28. The van der Waals surface area contributed by atoms with Gasteiger partial charge in [0.1, 0.15) is 0 Å². The average molecular weight is 274 g/mol. The van der Waals surface area contributed by atoms with Crippen LogP contribution in [0.15, 0.2) is 30.5 Å². The van der Waals surface area contributed by atoms with Gasteiger partial charge in [0.15, 0.2) is 5.15 Å². The first-order valence-electron chi connectivity index (χ1n) is 6.45. The SMILES string of the molecule is Cc1ccnc(Cl)c1NCc1cccc2c1NCC2. The van der Waals surface area contributed by atoms with E-state index in [-0.39, 0.29) is 0 Å². The molecule has 3 rings (SSSR count). The number of hydrogen-bond donors (Lipinski definition) is 2. The van der Waals surface area contributed by atoms with Gasteiger partial charge in [0.2, 0.25) is 0 Å². The average Bonchev–Trinajstić information content (AvgIpc) is 2.87. The minimum absolute atomic E-state index is 0.528. The first-order chi connectivity index (χ1) is 9.25. The van der Waals surface area contributed by atoms with Crippen molar-refractivity contribution in [3.8, 4) is 0 Å². The van der Waals surface area contributed by atoms with Crippen LogP contribution in [0.5, 0.6) is 0 Å². The van der Waals surface area contributed by atoms with Gasteiger partial charge in [-0.2, -0.15) is 0 Å². The number of halogens is 1. The van der Waals surface area contributed by atoms with Crippen molar-refractivity contribution in [2.45, 2.75) is 19.9 Å². The summed E-state index contributed by atoms with van der Waals surface area (Å²) in [6.45, 7) is 3.81. The monoisotopic (exact) mass is 273 g/mol. The first-order valence-corrected chi connectivity index (χ1v) is 6.83.